The molecule has 0 spiro atoms. The Morgan fingerprint density at radius 3 is 2.67 bits per heavy atom. The monoisotopic (exact) mass is 345 g/mol. The lowest BCUT2D eigenvalue weighted by Crippen LogP contribution is -2.29. The molecule has 1 atom stereocenters. The van der Waals surface area contributed by atoms with E-state index in [1.165, 1.54) is 15.8 Å². The predicted octanol–water partition coefficient (Wildman–Crippen LogP) is 0.385. The van der Waals surface area contributed by atoms with Gasteiger partial charge in [-0.1, -0.05) is 18.2 Å². The van der Waals surface area contributed by atoms with Crippen LogP contribution in [0.15, 0.2) is 36.5 Å². The number of hydrogen-bond acceptors (Lipinski definition) is 5. The molecule has 0 radical (unpaired) electrons. The van der Waals surface area contributed by atoms with Crippen LogP contribution in [0.1, 0.15) is 12.0 Å². The number of para-hydroxylation sites is 1. The highest BCUT2D eigenvalue weighted by Crippen LogP contribution is 2.30. The van der Waals surface area contributed by atoms with Gasteiger partial charge in [-0.05, 0) is 12.1 Å². The van der Waals surface area contributed by atoms with Gasteiger partial charge in [0.15, 0.2) is 5.82 Å². The minimum Gasteiger partial charge on any atom is -0.295 e. The Bertz CT molecular complexity index is 914. The molecule has 1 aromatic heterocycles. The van der Waals surface area contributed by atoms with Gasteiger partial charge in [0.1, 0.15) is 11.6 Å². The van der Waals surface area contributed by atoms with Gasteiger partial charge in [-0.15, -0.1) is 0 Å². The summed E-state index contributed by atoms with van der Waals surface area (Å²) in [5.74, 6) is -0.571. The first-order valence-corrected chi connectivity index (χ1v) is 8.95. The van der Waals surface area contributed by atoms with Crippen LogP contribution in [0.3, 0.4) is 0 Å². The van der Waals surface area contributed by atoms with Gasteiger partial charge in [0.25, 0.3) is 0 Å². The van der Waals surface area contributed by atoms with Crippen LogP contribution in [-0.4, -0.2) is 36.4 Å². The average molecular weight is 345 g/mol. The smallest absolute Gasteiger partial charge is 0.228 e. The first-order chi connectivity index (χ1) is 11.4. The molecule has 2 heterocycles. The van der Waals surface area contributed by atoms with E-state index in [1.807, 2.05) is 24.3 Å². The predicted molar refractivity (Wildman–Crippen MR) is 86.7 cm³/mol. The van der Waals surface area contributed by atoms with Gasteiger partial charge in [-0.25, -0.2) is 18.2 Å². The van der Waals surface area contributed by atoms with Crippen LogP contribution in [0, 0.1) is 17.2 Å². The lowest BCUT2D eigenvalue weighted by atomic mass is 10.1. The van der Waals surface area contributed by atoms with E-state index < -0.39 is 15.9 Å². The molecule has 9 heteroatoms. The maximum absolute atomic E-state index is 12.4. The van der Waals surface area contributed by atoms with Gasteiger partial charge >= 0.3 is 0 Å². The van der Waals surface area contributed by atoms with Crippen LogP contribution < -0.4 is 10.0 Å². The van der Waals surface area contributed by atoms with E-state index in [0.29, 0.717) is 11.5 Å². The van der Waals surface area contributed by atoms with Gasteiger partial charge in [-0.3, -0.25) is 9.69 Å². The molecule has 0 bridgehead atoms. The zero-order valence-corrected chi connectivity index (χ0v) is 13.5. The van der Waals surface area contributed by atoms with Crippen molar-refractivity contribution in [2.75, 3.05) is 17.2 Å². The molecule has 1 aliphatic rings. The normalized spacial score (nSPS) is 17.9. The molecule has 0 aliphatic carbocycles. The van der Waals surface area contributed by atoms with E-state index in [2.05, 4.69) is 5.10 Å². The summed E-state index contributed by atoms with van der Waals surface area (Å²) in [5.41, 5.74) is 0.958. The summed E-state index contributed by atoms with van der Waals surface area (Å²) in [6.45, 7) is 0.183. The second-order valence-corrected chi connectivity index (χ2v) is 7.30. The van der Waals surface area contributed by atoms with Gasteiger partial charge in [0.05, 0.1) is 17.6 Å². The van der Waals surface area contributed by atoms with Crippen molar-refractivity contribution in [1.29, 1.82) is 5.26 Å². The van der Waals surface area contributed by atoms with Gasteiger partial charge in [0, 0.05) is 18.9 Å². The minimum absolute atomic E-state index is 0.0707. The van der Waals surface area contributed by atoms with Crippen LogP contribution in [-0.2, 0) is 14.8 Å². The molecule has 1 amide bonds. The van der Waals surface area contributed by atoms with E-state index in [-0.39, 0.29) is 30.2 Å². The second-order valence-electron chi connectivity index (χ2n) is 5.65. The van der Waals surface area contributed by atoms with E-state index >= 15 is 0 Å². The molecular formula is C15H15N5O3S. The number of benzene rings is 1. The molecule has 0 saturated carbocycles. The Morgan fingerprint density at radius 2 is 2.04 bits per heavy atom. The fourth-order valence-electron chi connectivity index (χ4n) is 2.87. The Kier molecular flexibility index (Phi) is 4.09. The standard InChI is InChI=1S/C15H15N5O3S/c16-7-12-8-18-20(13-4-2-1-3-5-13)15(12)19-9-11(6-14(19)21)10-24(17,22)23/h1-5,8,11H,6,9-10H2,(H2,17,22,23). The molecule has 1 aromatic carbocycles. The maximum Gasteiger partial charge on any atom is 0.228 e. The summed E-state index contributed by atoms with van der Waals surface area (Å²) in [6.07, 6.45) is 1.46. The minimum atomic E-state index is -3.67. The summed E-state index contributed by atoms with van der Waals surface area (Å²) < 4.78 is 24.1. The molecule has 8 nitrogen and oxygen atoms in total. The Balaban J connectivity index is 1.99. The van der Waals surface area contributed by atoms with Crippen LogP contribution in [0.5, 0.6) is 0 Å². The fraction of sp³-hybridized carbons (Fsp3) is 0.267. The first kappa shape index (κ1) is 16.2. The Labute approximate surface area is 139 Å². The van der Waals surface area contributed by atoms with Crippen molar-refractivity contribution in [1.82, 2.24) is 9.78 Å². The number of rotatable bonds is 4. The molecule has 3 rings (SSSR count). The van der Waals surface area contributed by atoms with Gasteiger partial charge in [-0.2, -0.15) is 10.4 Å². The molecule has 124 valence electrons. The quantitative estimate of drug-likeness (QED) is 0.858. The number of carbonyl (C=O) groups is 1. The van der Waals surface area contributed by atoms with Gasteiger partial charge in [0.2, 0.25) is 15.9 Å². The Morgan fingerprint density at radius 1 is 1.33 bits per heavy atom. The van der Waals surface area contributed by atoms with Gasteiger partial charge < -0.3 is 0 Å². The third-order valence-corrected chi connectivity index (χ3v) is 4.73. The number of hydrogen-bond donors (Lipinski definition) is 1. The number of aromatic nitrogens is 2. The number of anilines is 1. The number of sulfonamides is 1. The van der Waals surface area contributed by atoms with Crippen molar-refractivity contribution in [2.24, 2.45) is 11.1 Å². The zero-order chi connectivity index (χ0) is 17.3. The van der Waals surface area contributed by atoms with E-state index in [0.717, 1.165) is 0 Å². The molecule has 2 N–H and O–H groups in total. The van der Waals surface area contributed by atoms with Crippen molar-refractivity contribution in [3.63, 3.8) is 0 Å². The average Bonchev–Trinajstić information content (AvgIpc) is 3.09. The summed E-state index contributed by atoms with van der Waals surface area (Å²) in [4.78, 5) is 13.8. The maximum atomic E-state index is 12.4. The number of nitrogens with two attached hydrogens (primary N) is 1. The summed E-state index contributed by atoms with van der Waals surface area (Å²) >= 11 is 0. The molecular weight excluding hydrogens is 330 g/mol. The van der Waals surface area contributed by atoms with Crippen molar-refractivity contribution in [2.45, 2.75) is 6.42 Å². The van der Waals surface area contributed by atoms with Crippen molar-refractivity contribution in [3.8, 4) is 11.8 Å². The first-order valence-electron chi connectivity index (χ1n) is 7.23. The third kappa shape index (κ3) is 3.15. The van der Waals surface area contributed by atoms with E-state index in [4.69, 9.17) is 5.14 Å². The molecule has 2 aromatic rings. The number of primary sulfonamides is 1. The number of nitriles is 1. The van der Waals surface area contributed by atoms with Crippen LogP contribution in [0.2, 0.25) is 0 Å². The third-order valence-electron chi connectivity index (χ3n) is 3.79. The van der Waals surface area contributed by atoms with Crippen molar-refractivity contribution in [3.05, 3.63) is 42.1 Å². The topological polar surface area (TPSA) is 122 Å². The highest BCUT2D eigenvalue weighted by molar-refractivity contribution is 7.89. The van der Waals surface area contributed by atoms with Crippen LogP contribution in [0.4, 0.5) is 5.82 Å². The number of carbonyl (C=O) groups excluding carboxylic acids is 1. The lowest BCUT2D eigenvalue weighted by Gasteiger charge is -2.18. The van der Waals surface area contributed by atoms with Crippen LogP contribution >= 0.6 is 0 Å². The highest BCUT2D eigenvalue weighted by Gasteiger charge is 2.36. The summed E-state index contributed by atoms with van der Waals surface area (Å²) in [7, 11) is -3.67. The molecule has 1 aliphatic heterocycles. The molecule has 1 saturated heterocycles. The van der Waals surface area contributed by atoms with E-state index in [1.54, 1.807) is 12.1 Å². The van der Waals surface area contributed by atoms with Crippen molar-refractivity contribution < 1.29 is 13.2 Å². The lowest BCUT2D eigenvalue weighted by molar-refractivity contribution is -0.117. The number of amides is 1. The summed E-state index contributed by atoms with van der Waals surface area (Å²) in [6, 6.07) is 11.1. The summed E-state index contributed by atoms with van der Waals surface area (Å²) in [5, 5.41) is 18.6. The highest BCUT2D eigenvalue weighted by atomic mass is 32.2. The second kappa shape index (κ2) is 6.07. The largest absolute Gasteiger partial charge is 0.295 e. The van der Waals surface area contributed by atoms with E-state index in [9.17, 15) is 18.5 Å². The Hall–Kier alpha value is -2.70. The number of nitrogens with zero attached hydrogens (tertiary/aromatic N) is 4. The SMILES string of the molecule is N#Cc1cnn(-c2ccccc2)c1N1CC(CS(N)(=O)=O)CC1=O. The molecule has 24 heavy (non-hydrogen) atoms. The van der Waals surface area contributed by atoms with Crippen molar-refractivity contribution >= 4 is 21.7 Å². The molecule has 1 fully saturated rings. The van der Waals surface area contributed by atoms with Crippen LogP contribution in [0.25, 0.3) is 5.69 Å². The molecule has 1 unspecified atom stereocenters. The zero-order valence-electron chi connectivity index (χ0n) is 12.7. The fourth-order valence-corrected chi connectivity index (χ4v) is 3.75.